The molecule has 0 aromatic heterocycles. The SMILES string of the molecule is CC(C)(C)OC(=O)N1CCC(c2cccc(O)c(=O)c2)CC1. The summed E-state index contributed by atoms with van der Waals surface area (Å²) >= 11 is 0. The molecule has 1 amide bonds. The van der Waals surface area contributed by atoms with Crippen LogP contribution in [0.2, 0.25) is 0 Å². The summed E-state index contributed by atoms with van der Waals surface area (Å²) in [6.07, 6.45) is 1.28. The van der Waals surface area contributed by atoms with Crippen molar-refractivity contribution in [3.8, 4) is 5.75 Å². The summed E-state index contributed by atoms with van der Waals surface area (Å²) in [5.74, 6) is -0.0179. The van der Waals surface area contributed by atoms with Crippen LogP contribution in [0.1, 0.15) is 45.1 Å². The summed E-state index contributed by atoms with van der Waals surface area (Å²) in [7, 11) is 0. The molecule has 0 unspecified atom stereocenters. The quantitative estimate of drug-likeness (QED) is 0.866. The predicted molar refractivity (Wildman–Crippen MR) is 84.2 cm³/mol. The second-order valence-corrected chi connectivity index (χ2v) is 6.66. The largest absolute Gasteiger partial charge is 0.504 e. The average molecular weight is 305 g/mol. The van der Waals surface area contributed by atoms with Crippen molar-refractivity contribution < 1.29 is 14.6 Å². The minimum absolute atomic E-state index is 0.221. The molecule has 1 aliphatic heterocycles. The molecular formula is C17H23NO4. The molecule has 1 aromatic rings. The zero-order chi connectivity index (χ0) is 16.3. The second-order valence-electron chi connectivity index (χ2n) is 6.66. The molecule has 22 heavy (non-hydrogen) atoms. The van der Waals surface area contributed by atoms with Gasteiger partial charge in [0.15, 0.2) is 5.75 Å². The number of carbonyl (C=O) groups excluding carboxylic acids is 1. The van der Waals surface area contributed by atoms with Crippen LogP contribution in [0.25, 0.3) is 0 Å². The fourth-order valence-corrected chi connectivity index (χ4v) is 2.58. The average Bonchev–Trinajstić information content (AvgIpc) is 2.59. The Hall–Kier alpha value is -2.04. The van der Waals surface area contributed by atoms with Gasteiger partial charge in [-0.3, -0.25) is 4.79 Å². The Morgan fingerprint density at radius 3 is 2.50 bits per heavy atom. The van der Waals surface area contributed by atoms with Gasteiger partial charge in [0.2, 0.25) is 5.43 Å². The lowest BCUT2D eigenvalue weighted by molar-refractivity contribution is 0.0205. The summed E-state index contributed by atoms with van der Waals surface area (Å²) in [4.78, 5) is 25.4. The minimum atomic E-state index is -0.490. The van der Waals surface area contributed by atoms with Crippen molar-refractivity contribution in [2.45, 2.75) is 45.1 Å². The third-order valence-corrected chi connectivity index (χ3v) is 3.71. The Balaban J connectivity index is 2.01. The Kier molecular flexibility index (Phi) is 4.74. The summed E-state index contributed by atoms with van der Waals surface area (Å²) < 4.78 is 5.37. The van der Waals surface area contributed by atoms with Crippen molar-refractivity contribution in [3.05, 3.63) is 40.1 Å². The van der Waals surface area contributed by atoms with Crippen molar-refractivity contribution in [1.82, 2.24) is 4.90 Å². The van der Waals surface area contributed by atoms with E-state index in [-0.39, 0.29) is 23.2 Å². The lowest BCUT2D eigenvalue weighted by atomic mass is 9.90. The molecule has 1 aromatic carbocycles. The van der Waals surface area contributed by atoms with E-state index >= 15 is 0 Å². The Bertz CT molecular complexity index is 598. The number of hydrogen-bond acceptors (Lipinski definition) is 4. The summed E-state index contributed by atoms with van der Waals surface area (Å²) in [6.45, 7) is 6.77. The first-order chi connectivity index (χ1) is 10.3. The number of rotatable bonds is 1. The molecule has 1 saturated heterocycles. The summed E-state index contributed by atoms with van der Waals surface area (Å²) in [6, 6.07) is 6.44. The van der Waals surface area contributed by atoms with Crippen LogP contribution < -0.4 is 5.43 Å². The molecular weight excluding hydrogens is 282 g/mol. The van der Waals surface area contributed by atoms with Gasteiger partial charge in [0.25, 0.3) is 0 Å². The zero-order valence-electron chi connectivity index (χ0n) is 13.3. The smallest absolute Gasteiger partial charge is 0.410 e. The van der Waals surface area contributed by atoms with Crippen molar-refractivity contribution in [1.29, 1.82) is 0 Å². The molecule has 1 heterocycles. The van der Waals surface area contributed by atoms with E-state index in [1.165, 1.54) is 12.1 Å². The first-order valence-electron chi connectivity index (χ1n) is 7.57. The highest BCUT2D eigenvalue weighted by atomic mass is 16.6. The van der Waals surface area contributed by atoms with E-state index in [0.717, 1.165) is 18.4 Å². The molecule has 0 aliphatic carbocycles. The number of nitrogens with zero attached hydrogens (tertiary/aromatic N) is 1. The van der Waals surface area contributed by atoms with Crippen molar-refractivity contribution in [2.75, 3.05) is 13.1 Å². The molecule has 1 fully saturated rings. The Morgan fingerprint density at radius 2 is 1.91 bits per heavy atom. The van der Waals surface area contributed by atoms with Gasteiger partial charge in [-0.2, -0.15) is 0 Å². The van der Waals surface area contributed by atoms with E-state index in [1.54, 1.807) is 11.0 Å². The van der Waals surface area contributed by atoms with Gasteiger partial charge in [0.05, 0.1) is 0 Å². The van der Waals surface area contributed by atoms with E-state index in [4.69, 9.17) is 4.74 Å². The van der Waals surface area contributed by atoms with Gasteiger partial charge in [-0.15, -0.1) is 0 Å². The van der Waals surface area contributed by atoms with Gasteiger partial charge in [0.1, 0.15) is 5.60 Å². The first-order valence-corrected chi connectivity index (χ1v) is 7.57. The van der Waals surface area contributed by atoms with Crippen LogP contribution in [-0.2, 0) is 4.74 Å². The molecule has 0 saturated carbocycles. The van der Waals surface area contributed by atoms with E-state index in [9.17, 15) is 14.7 Å². The van der Waals surface area contributed by atoms with Crippen LogP contribution in [0.3, 0.4) is 0 Å². The van der Waals surface area contributed by atoms with Crippen LogP contribution in [-0.4, -0.2) is 34.8 Å². The number of piperidine rings is 1. The minimum Gasteiger partial charge on any atom is -0.504 e. The maximum Gasteiger partial charge on any atom is 0.410 e. The number of aromatic hydroxyl groups is 1. The molecule has 0 bridgehead atoms. The second kappa shape index (κ2) is 6.38. The third-order valence-electron chi connectivity index (χ3n) is 3.71. The fraction of sp³-hybridized carbons (Fsp3) is 0.529. The number of ether oxygens (including phenoxy) is 1. The Morgan fingerprint density at radius 1 is 1.27 bits per heavy atom. The van der Waals surface area contributed by atoms with Crippen molar-refractivity contribution in [2.24, 2.45) is 0 Å². The lowest BCUT2D eigenvalue weighted by Crippen LogP contribution is -2.41. The van der Waals surface area contributed by atoms with Crippen molar-refractivity contribution in [3.63, 3.8) is 0 Å². The summed E-state index contributed by atoms with van der Waals surface area (Å²) in [5.41, 5.74) is 0.0551. The molecule has 5 nitrogen and oxygen atoms in total. The molecule has 1 aliphatic rings. The topological polar surface area (TPSA) is 66.8 Å². The molecule has 0 spiro atoms. The van der Waals surface area contributed by atoms with Gasteiger partial charge in [-0.1, -0.05) is 12.1 Å². The molecule has 0 radical (unpaired) electrons. The highest BCUT2D eigenvalue weighted by Crippen LogP contribution is 2.28. The highest BCUT2D eigenvalue weighted by Gasteiger charge is 2.27. The number of amides is 1. The van der Waals surface area contributed by atoms with Gasteiger partial charge < -0.3 is 14.7 Å². The van der Waals surface area contributed by atoms with E-state index in [2.05, 4.69) is 0 Å². The number of carbonyl (C=O) groups is 1. The van der Waals surface area contributed by atoms with Gasteiger partial charge in [-0.25, -0.2) is 4.79 Å². The zero-order valence-corrected chi connectivity index (χ0v) is 13.3. The van der Waals surface area contributed by atoms with Gasteiger partial charge in [-0.05, 0) is 57.2 Å². The lowest BCUT2D eigenvalue weighted by Gasteiger charge is -2.33. The molecule has 2 rings (SSSR count). The number of hydrogen-bond donors (Lipinski definition) is 1. The van der Waals surface area contributed by atoms with Crippen LogP contribution in [0, 0.1) is 0 Å². The van der Waals surface area contributed by atoms with E-state index in [1.807, 2.05) is 26.8 Å². The van der Waals surface area contributed by atoms with Crippen molar-refractivity contribution >= 4 is 6.09 Å². The molecule has 0 atom stereocenters. The van der Waals surface area contributed by atoms with E-state index in [0.29, 0.717) is 13.1 Å². The standard InChI is InChI=1S/C17H23NO4/c1-17(2,3)22-16(21)18-9-7-12(8-10-18)13-5-4-6-14(19)15(20)11-13/h4-6,11-12H,7-10H2,1-3H3,(H,19,20). The molecule has 1 N–H and O–H groups in total. The van der Waals surface area contributed by atoms with Crippen LogP contribution >= 0.6 is 0 Å². The third kappa shape index (κ3) is 4.23. The monoisotopic (exact) mass is 305 g/mol. The summed E-state index contributed by atoms with van der Waals surface area (Å²) in [5, 5.41) is 9.44. The van der Waals surface area contributed by atoms with Crippen LogP contribution in [0.15, 0.2) is 29.1 Å². The fourth-order valence-electron chi connectivity index (χ4n) is 2.58. The maximum absolute atomic E-state index is 12.0. The Labute approximate surface area is 130 Å². The first kappa shape index (κ1) is 16.3. The van der Waals surface area contributed by atoms with E-state index < -0.39 is 5.60 Å². The van der Waals surface area contributed by atoms with Gasteiger partial charge in [0, 0.05) is 13.1 Å². The normalized spacial score (nSPS) is 16.4. The molecule has 120 valence electrons. The highest BCUT2D eigenvalue weighted by molar-refractivity contribution is 5.68. The molecule has 5 heteroatoms. The van der Waals surface area contributed by atoms with Gasteiger partial charge >= 0.3 is 6.09 Å². The maximum atomic E-state index is 12.0. The predicted octanol–water partition coefficient (Wildman–Crippen LogP) is 2.87. The number of likely N-dealkylation sites (tertiary alicyclic amines) is 1. The van der Waals surface area contributed by atoms with Crippen LogP contribution in [0.5, 0.6) is 5.75 Å². The van der Waals surface area contributed by atoms with Crippen LogP contribution in [0.4, 0.5) is 4.79 Å².